The smallest absolute Gasteiger partial charge is 0.393 e. The summed E-state index contributed by atoms with van der Waals surface area (Å²) in [6.45, 7) is 3.26. The molecule has 2 saturated heterocycles. The number of piperidine rings is 1. The van der Waals surface area contributed by atoms with Crippen molar-refractivity contribution >= 4 is 5.82 Å². The summed E-state index contributed by atoms with van der Waals surface area (Å²) in [7, 11) is 0. The van der Waals surface area contributed by atoms with Crippen molar-refractivity contribution in [2.24, 2.45) is 5.41 Å². The molecule has 0 amide bonds. The van der Waals surface area contributed by atoms with Crippen LogP contribution < -0.4 is 4.90 Å². The van der Waals surface area contributed by atoms with Crippen LogP contribution in [0, 0.1) is 5.41 Å². The SMILES string of the molecule is OC1CCC(N2CC[C@]3(CCCN(c4ncccc4C(F)(F)F)C3)C2)CC1. The third-order valence-electron chi connectivity index (χ3n) is 6.70. The van der Waals surface area contributed by atoms with Crippen molar-refractivity contribution in [2.75, 3.05) is 31.1 Å². The highest BCUT2D eigenvalue weighted by atomic mass is 19.4. The number of hydrogen-bond acceptors (Lipinski definition) is 4. The Hall–Kier alpha value is -1.34. The van der Waals surface area contributed by atoms with Gasteiger partial charge in [-0.1, -0.05) is 0 Å². The summed E-state index contributed by atoms with van der Waals surface area (Å²) < 4.78 is 40.2. The Morgan fingerprint density at radius 2 is 1.85 bits per heavy atom. The van der Waals surface area contributed by atoms with E-state index in [-0.39, 0.29) is 17.3 Å². The Morgan fingerprint density at radius 3 is 2.59 bits per heavy atom. The first-order valence-corrected chi connectivity index (χ1v) is 10.1. The van der Waals surface area contributed by atoms with Gasteiger partial charge < -0.3 is 10.0 Å². The number of aromatic nitrogens is 1. The van der Waals surface area contributed by atoms with E-state index in [1.807, 2.05) is 4.90 Å². The Balaban J connectivity index is 1.48. The average Bonchev–Trinajstić information content (AvgIpc) is 3.05. The van der Waals surface area contributed by atoms with Crippen molar-refractivity contribution in [3.63, 3.8) is 0 Å². The van der Waals surface area contributed by atoms with Crippen LogP contribution in [0.1, 0.15) is 50.5 Å². The van der Waals surface area contributed by atoms with E-state index in [2.05, 4.69) is 9.88 Å². The van der Waals surface area contributed by atoms with Gasteiger partial charge in [0.1, 0.15) is 5.82 Å². The van der Waals surface area contributed by atoms with Crippen LogP contribution in [-0.4, -0.2) is 53.3 Å². The Labute approximate surface area is 158 Å². The van der Waals surface area contributed by atoms with E-state index in [0.717, 1.165) is 64.1 Å². The second-order valence-corrected chi connectivity index (χ2v) is 8.58. The molecule has 1 aliphatic carbocycles. The molecule has 0 bridgehead atoms. The maximum Gasteiger partial charge on any atom is 0.419 e. The van der Waals surface area contributed by atoms with Gasteiger partial charge in [0, 0.05) is 37.3 Å². The first kappa shape index (κ1) is 19.0. The first-order chi connectivity index (χ1) is 12.9. The molecule has 150 valence electrons. The molecule has 3 aliphatic rings. The van der Waals surface area contributed by atoms with Crippen LogP contribution in [0.4, 0.5) is 19.0 Å². The van der Waals surface area contributed by atoms with E-state index in [0.29, 0.717) is 19.1 Å². The summed E-state index contributed by atoms with van der Waals surface area (Å²) >= 11 is 0. The van der Waals surface area contributed by atoms with Gasteiger partial charge in [-0.25, -0.2) is 4.98 Å². The minimum atomic E-state index is -4.38. The zero-order valence-electron chi connectivity index (χ0n) is 15.6. The predicted molar refractivity (Wildman–Crippen MR) is 97.6 cm³/mol. The summed E-state index contributed by atoms with van der Waals surface area (Å²) in [5, 5.41) is 9.74. The molecule has 4 rings (SSSR count). The number of pyridine rings is 1. The number of aliphatic hydroxyl groups excluding tert-OH is 1. The van der Waals surface area contributed by atoms with Crippen LogP contribution in [-0.2, 0) is 6.18 Å². The highest BCUT2D eigenvalue weighted by molar-refractivity contribution is 5.49. The van der Waals surface area contributed by atoms with Gasteiger partial charge in [-0.05, 0) is 63.6 Å². The minimum absolute atomic E-state index is 0.0642. The molecule has 0 radical (unpaired) electrons. The van der Waals surface area contributed by atoms with Crippen LogP contribution in [0.25, 0.3) is 0 Å². The van der Waals surface area contributed by atoms with Crippen molar-refractivity contribution in [3.8, 4) is 0 Å². The lowest BCUT2D eigenvalue weighted by Crippen LogP contribution is -2.47. The number of anilines is 1. The molecule has 3 fully saturated rings. The molecule has 4 nitrogen and oxygen atoms in total. The van der Waals surface area contributed by atoms with Crippen molar-refractivity contribution < 1.29 is 18.3 Å². The number of rotatable bonds is 2. The lowest BCUT2D eigenvalue weighted by Gasteiger charge is -2.42. The molecule has 7 heteroatoms. The van der Waals surface area contributed by atoms with Crippen LogP contribution in [0.5, 0.6) is 0 Å². The summed E-state index contributed by atoms with van der Waals surface area (Å²) in [5.74, 6) is 0.0864. The van der Waals surface area contributed by atoms with Crippen molar-refractivity contribution in [2.45, 2.75) is 63.3 Å². The monoisotopic (exact) mass is 383 g/mol. The predicted octanol–water partition coefficient (Wildman–Crippen LogP) is 3.70. The largest absolute Gasteiger partial charge is 0.419 e. The zero-order chi connectivity index (χ0) is 19.1. The standard InChI is InChI=1S/C20H28F3N3O/c21-20(22,23)17-3-1-10-24-18(17)26-11-2-8-19(14-26)9-12-25(13-19)15-4-6-16(27)7-5-15/h1,3,10,15-16,27H,2,4-9,11-14H2/t15?,16?,19-/m1/s1. The Bertz CT molecular complexity index is 660. The molecular formula is C20H28F3N3O. The van der Waals surface area contributed by atoms with Gasteiger partial charge >= 0.3 is 6.18 Å². The van der Waals surface area contributed by atoms with Crippen LogP contribution >= 0.6 is 0 Å². The molecule has 27 heavy (non-hydrogen) atoms. The molecule has 2 aliphatic heterocycles. The van der Waals surface area contributed by atoms with E-state index < -0.39 is 11.7 Å². The fraction of sp³-hybridized carbons (Fsp3) is 0.750. The topological polar surface area (TPSA) is 39.6 Å². The van der Waals surface area contributed by atoms with E-state index >= 15 is 0 Å². The lowest BCUT2D eigenvalue weighted by atomic mass is 9.79. The molecule has 1 aromatic heterocycles. The fourth-order valence-corrected chi connectivity index (χ4v) is 5.30. The number of alkyl halides is 3. The van der Waals surface area contributed by atoms with E-state index in [4.69, 9.17) is 0 Å². The number of nitrogens with zero attached hydrogens (tertiary/aromatic N) is 3. The Kier molecular flexibility index (Phi) is 5.10. The zero-order valence-corrected chi connectivity index (χ0v) is 15.6. The first-order valence-electron chi connectivity index (χ1n) is 10.1. The van der Waals surface area contributed by atoms with E-state index in [9.17, 15) is 18.3 Å². The number of aliphatic hydroxyl groups is 1. The maximum absolute atomic E-state index is 13.4. The van der Waals surface area contributed by atoms with Crippen molar-refractivity contribution in [1.29, 1.82) is 0 Å². The van der Waals surface area contributed by atoms with Gasteiger partial charge in [0.15, 0.2) is 0 Å². The van der Waals surface area contributed by atoms with Crippen LogP contribution in [0.15, 0.2) is 18.3 Å². The van der Waals surface area contributed by atoms with Crippen molar-refractivity contribution in [1.82, 2.24) is 9.88 Å². The normalized spacial score (nSPS) is 33.0. The molecule has 1 saturated carbocycles. The maximum atomic E-state index is 13.4. The number of likely N-dealkylation sites (tertiary alicyclic amines) is 1. The molecule has 0 unspecified atom stereocenters. The molecule has 1 atom stereocenters. The van der Waals surface area contributed by atoms with Gasteiger partial charge in [-0.3, -0.25) is 4.90 Å². The summed E-state index contributed by atoms with van der Waals surface area (Å²) in [6.07, 6.45) is 3.73. The number of halogens is 3. The second-order valence-electron chi connectivity index (χ2n) is 8.58. The fourth-order valence-electron chi connectivity index (χ4n) is 5.30. The third kappa shape index (κ3) is 3.94. The van der Waals surface area contributed by atoms with Crippen molar-refractivity contribution in [3.05, 3.63) is 23.9 Å². The summed E-state index contributed by atoms with van der Waals surface area (Å²) in [6, 6.07) is 3.02. The quantitative estimate of drug-likeness (QED) is 0.845. The van der Waals surface area contributed by atoms with Crippen LogP contribution in [0.2, 0.25) is 0 Å². The van der Waals surface area contributed by atoms with Gasteiger partial charge in [-0.15, -0.1) is 0 Å². The van der Waals surface area contributed by atoms with Gasteiger partial charge in [0.2, 0.25) is 0 Å². The van der Waals surface area contributed by atoms with Gasteiger partial charge in [0.25, 0.3) is 0 Å². The average molecular weight is 383 g/mol. The lowest BCUT2D eigenvalue weighted by molar-refractivity contribution is -0.137. The summed E-state index contributed by atoms with van der Waals surface area (Å²) in [5.41, 5.74) is -0.563. The van der Waals surface area contributed by atoms with E-state index in [1.165, 1.54) is 12.3 Å². The molecule has 1 N–H and O–H groups in total. The van der Waals surface area contributed by atoms with E-state index in [1.54, 1.807) is 0 Å². The van der Waals surface area contributed by atoms with Crippen LogP contribution in [0.3, 0.4) is 0 Å². The third-order valence-corrected chi connectivity index (χ3v) is 6.70. The molecule has 3 heterocycles. The van der Waals surface area contributed by atoms with Gasteiger partial charge in [-0.2, -0.15) is 13.2 Å². The molecular weight excluding hydrogens is 355 g/mol. The molecule has 0 aromatic carbocycles. The van der Waals surface area contributed by atoms with Gasteiger partial charge in [0.05, 0.1) is 11.7 Å². The second kappa shape index (κ2) is 7.24. The highest BCUT2D eigenvalue weighted by Gasteiger charge is 2.45. The number of hydrogen-bond donors (Lipinski definition) is 1. The summed E-state index contributed by atoms with van der Waals surface area (Å²) in [4.78, 5) is 8.49. The Morgan fingerprint density at radius 1 is 1.07 bits per heavy atom. The minimum Gasteiger partial charge on any atom is -0.393 e. The molecule has 1 spiro atoms. The molecule has 1 aromatic rings. The highest BCUT2D eigenvalue weighted by Crippen LogP contribution is 2.44.